The number of benzene rings is 1. The van der Waals surface area contributed by atoms with E-state index in [-0.39, 0.29) is 18.5 Å². The lowest BCUT2D eigenvalue weighted by Crippen LogP contribution is -2.52. The van der Waals surface area contributed by atoms with Gasteiger partial charge in [0.25, 0.3) is 0 Å². The fourth-order valence-corrected chi connectivity index (χ4v) is 4.03. The van der Waals surface area contributed by atoms with Crippen LogP contribution in [0.15, 0.2) is 35.0 Å². The van der Waals surface area contributed by atoms with Crippen molar-refractivity contribution >= 4 is 11.3 Å². The van der Waals surface area contributed by atoms with Crippen LogP contribution in [0.5, 0.6) is 5.75 Å². The van der Waals surface area contributed by atoms with E-state index >= 15 is 0 Å². The highest BCUT2D eigenvalue weighted by molar-refractivity contribution is 7.07. The molecule has 1 fully saturated rings. The second-order valence-corrected chi connectivity index (χ2v) is 7.24. The van der Waals surface area contributed by atoms with Gasteiger partial charge in [0.15, 0.2) is 0 Å². The molecular weight excluding hydrogens is 339 g/mol. The van der Waals surface area contributed by atoms with E-state index in [2.05, 4.69) is 26.6 Å². The summed E-state index contributed by atoms with van der Waals surface area (Å²) in [7, 11) is 1.54. The van der Waals surface area contributed by atoms with Crippen molar-refractivity contribution in [3.63, 3.8) is 0 Å². The Bertz CT molecular complexity index is 665. The molecule has 0 bridgehead atoms. The van der Waals surface area contributed by atoms with Gasteiger partial charge < -0.3 is 9.84 Å². The number of aliphatic hydroxyl groups excluding tert-OH is 1. The number of rotatable bonds is 7. The van der Waals surface area contributed by atoms with Gasteiger partial charge in [-0.3, -0.25) is 9.80 Å². The highest BCUT2D eigenvalue weighted by atomic mass is 32.1. The van der Waals surface area contributed by atoms with Crippen molar-refractivity contribution in [1.82, 2.24) is 9.80 Å². The SMILES string of the molecule is COc1ccc(CN2CCN(Cc3ccsc3)CC2CCO)c(F)c1. The predicted molar refractivity (Wildman–Crippen MR) is 98.4 cm³/mol. The average molecular weight is 364 g/mol. The summed E-state index contributed by atoms with van der Waals surface area (Å²) >= 11 is 1.72. The molecule has 1 aromatic carbocycles. The normalized spacial score (nSPS) is 19.2. The van der Waals surface area contributed by atoms with Crippen LogP contribution in [0.2, 0.25) is 0 Å². The van der Waals surface area contributed by atoms with Gasteiger partial charge in [0.1, 0.15) is 11.6 Å². The van der Waals surface area contributed by atoms with Crippen molar-refractivity contribution in [1.29, 1.82) is 0 Å². The Morgan fingerprint density at radius 2 is 2.16 bits per heavy atom. The van der Waals surface area contributed by atoms with Gasteiger partial charge in [-0.2, -0.15) is 11.3 Å². The van der Waals surface area contributed by atoms with Crippen molar-refractivity contribution in [2.75, 3.05) is 33.4 Å². The molecule has 0 spiro atoms. The van der Waals surface area contributed by atoms with Crippen LogP contribution in [-0.4, -0.2) is 54.3 Å². The Morgan fingerprint density at radius 3 is 2.84 bits per heavy atom. The van der Waals surface area contributed by atoms with Crippen molar-refractivity contribution in [3.05, 3.63) is 52.0 Å². The average Bonchev–Trinajstić information content (AvgIpc) is 3.12. The fraction of sp³-hybridized carbons (Fsp3) is 0.474. The molecule has 0 radical (unpaired) electrons. The standard InChI is InChI=1S/C19H25FN2O2S/c1-24-18-3-2-16(19(20)10-18)12-22-7-6-21(13-17(22)4-8-23)11-15-5-9-25-14-15/h2-3,5,9-10,14,17,23H,4,6-8,11-13H2,1H3. The molecule has 1 atom stereocenters. The molecule has 1 aliphatic rings. The Labute approximate surface area is 152 Å². The van der Waals surface area contributed by atoms with Gasteiger partial charge >= 0.3 is 0 Å². The van der Waals surface area contributed by atoms with Crippen LogP contribution in [0.3, 0.4) is 0 Å². The molecule has 3 rings (SSSR count). The Balaban J connectivity index is 1.64. The lowest BCUT2D eigenvalue weighted by atomic mass is 10.1. The molecule has 1 saturated heterocycles. The van der Waals surface area contributed by atoms with E-state index in [0.717, 1.165) is 26.2 Å². The number of nitrogens with zero attached hydrogens (tertiary/aromatic N) is 2. The van der Waals surface area contributed by atoms with Crippen LogP contribution in [0.4, 0.5) is 4.39 Å². The number of halogens is 1. The van der Waals surface area contributed by atoms with Crippen LogP contribution < -0.4 is 4.74 Å². The van der Waals surface area contributed by atoms with E-state index in [0.29, 0.717) is 24.3 Å². The zero-order chi connectivity index (χ0) is 17.6. The first-order valence-electron chi connectivity index (χ1n) is 8.60. The van der Waals surface area contributed by atoms with E-state index in [1.54, 1.807) is 30.6 Å². The molecule has 6 heteroatoms. The molecule has 25 heavy (non-hydrogen) atoms. The highest BCUT2D eigenvalue weighted by Gasteiger charge is 2.27. The van der Waals surface area contributed by atoms with Gasteiger partial charge in [-0.25, -0.2) is 4.39 Å². The topological polar surface area (TPSA) is 35.9 Å². The van der Waals surface area contributed by atoms with E-state index < -0.39 is 0 Å². The minimum Gasteiger partial charge on any atom is -0.497 e. The predicted octanol–water partition coefficient (Wildman–Crippen LogP) is 2.96. The molecule has 136 valence electrons. The maximum absolute atomic E-state index is 14.3. The molecule has 0 aliphatic carbocycles. The first kappa shape index (κ1) is 18.3. The number of hydrogen-bond acceptors (Lipinski definition) is 5. The monoisotopic (exact) mass is 364 g/mol. The quantitative estimate of drug-likeness (QED) is 0.819. The molecule has 1 aromatic heterocycles. The van der Waals surface area contributed by atoms with E-state index in [4.69, 9.17) is 4.74 Å². The third kappa shape index (κ3) is 4.79. The van der Waals surface area contributed by atoms with E-state index in [1.165, 1.54) is 11.6 Å². The third-order valence-corrected chi connectivity index (χ3v) is 5.50. The lowest BCUT2D eigenvalue weighted by molar-refractivity contribution is 0.0493. The molecule has 1 aliphatic heterocycles. The zero-order valence-corrected chi connectivity index (χ0v) is 15.3. The maximum Gasteiger partial charge on any atom is 0.131 e. The van der Waals surface area contributed by atoms with Crippen LogP contribution in [0.1, 0.15) is 17.5 Å². The van der Waals surface area contributed by atoms with Crippen molar-refractivity contribution in [2.24, 2.45) is 0 Å². The minimum absolute atomic E-state index is 0.151. The fourth-order valence-electron chi connectivity index (χ4n) is 3.37. The Morgan fingerprint density at radius 1 is 1.28 bits per heavy atom. The molecule has 1 N–H and O–H groups in total. The molecule has 0 saturated carbocycles. The molecular formula is C19H25FN2O2S. The Hall–Kier alpha value is -1.47. The third-order valence-electron chi connectivity index (χ3n) is 4.77. The van der Waals surface area contributed by atoms with E-state index in [9.17, 15) is 9.50 Å². The van der Waals surface area contributed by atoms with Crippen molar-refractivity contribution in [3.8, 4) is 5.75 Å². The molecule has 1 unspecified atom stereocenters. The number of thiophene rings is 1. The van der Waals surface area contributed by atoms with E-state index in [1.807, 2.05) is 0 Å². The number of piperazine rings is 1. The highest BCUT2D eigenvalue weighted by Crippen LogP contribution is 2.22. The second kappa shape index (κ2) is 8.76. The number of ether oxygens (including phenoxy) is 1. The molecule has 4 nitrogen and oxygen atoms in total. The molecule has 0 amide bonds. The first-order valence-corrected chi connectivity index (χ1v) is 9.54. The number of hydrogen-bond donors (Lipinski definition) is 1. The first-order chi connectivity index (χ1) is 12.2. The summed E-state index contributed by atoms with van der Waals surface area (Å²) in [6.45, 7) is 4.38. The second-order valence-electron chi connectivity index (χ2n) is 6.46. The van der Waals surface area contributed by atoms with Crippen LogP contribution >= 0.6 is 11.3 Å². The minimum atomic E-state index is -0.234. The molecule has 2 aromatic rings. The summed E-state index contributed by atoms with van der Waals surface area (Å²) in [5.74, 6) is 0.302. The summed E-state index contributed by atoms with van der Waals surface area (Å²) in [4.78, 5) is 4.70. The summed E-state index contributed by atoms with van der Waals surface area (Å²) in [6, 6.07) is 7.42. The Kier molecular flexibility index (Phi) is 6.42. The summed E-state index contributed by atoms with van der Waals surface area (Å²) in [5.41, 5.74) is 2.01. The van der Waals surface area contributed by atoms with Gasteiger partial charge in [0.2, 0.25) is 0 Å². The number of methoxy groups -OCH3 is 1. The molecule has 2 heterocycles. The van der Waals surface area contributed by atoms with Crippen molar-refractivity contribution < 1.29 is 14.2 Å². The largest absolute Gasteiger partial charge is 0.497 e. The number of aliphatic hydroxyl groups is 1. The lowest BCUT2D eigenvalue weighted by Gasteiger charge is -2.41. The smallest absolute Gasteiger partial charge is 0.131 e. The van der Waals surface area contributed by atoms with Crippen LogP contribution in [0, 0.1) is 5.82 Å². The summed E-state index contributed by atoms with van der Waals surface area (Å²) in [6.07, 6.45) is 0.706. The van der Waals surface area contributed by atoms with Gasteiger partial charge in [-0.1, -0.05) is 6.07 Å². The zero-order valence-electron chi connectivity index (χ0n) is 14.5. The van der Waals surface area contributed by atoms with Crippen molar-refractivity contribution in [2.45, 2.75) is 25.6 Å². The summed E-state index contributed by atoms with van der Waals surface area (Å²) in [5, 5.41) is 13.7. The van der Waals surface area contributed by atoms with Crippen LogP contribution in [0.25, 0.3) is 0 Å². The summed E-state index contributed by atoms with van der Waals surface area (Å²) < 4.78 is 19.3. The van der Waals surface area contributed by atoms with Gasteiger partial charge in [0, 0.05) is 57.0 Å². The maximum atomic E-state index is 14.3. The van der Waals surface area contributed by atoms with Gasteiger partial charge in [0.05, 0.1) is 7.11 Å². The van der Waals surface area contributed by atoms with Crippen LogP contribution in [-0.2, 0) is 13.1 Å². The van der Waals surface area contributed by atoms with Gasteiger partial charge in [-0.15, -0.1) is 0 Å². The van der Waals surface area contributed by atoms with Gasteiger partial charge in [-0.05, 0) is 34.9 Å².